The molecule has 3 atom stereocenters. The van der Waals surface area contributed by atoms with Crippen LogP contribution in [0.5, 0.6) is 0 Å². The van der Waals surface area contributed by atoms with Crippen molar-refractivity contribution in [3.8, 4) is 0 Å². The predicted molar refractivity (Wildman–Crippen MR) is 115 cm³/mol. The molecular formula is C21H30F3N3O4S. The summed E-state index contributed by atoms with van der Waals surface area (Å²) < 4.78 is 62.8. The quantitative estimate of drug-likeness (QED) is 0.581. The van der Waals surface area contributed by atoms with Gasteiger partial charge in [-0.25, -0.2) is 8.42 Å². The van der Waals surface area contributed by atoms with Gasteiger partial charge in [0.15, 0.2) is 9.84 Å². The third-order valence-corrected chi connectivity index (χ3v) is 8.33. The Hall–Kier alpha value is -2.14. The third-order valence-electron chi connectivity index (χ3n) is 5.60. The van der Waals surface area contributed by atoms with Gasteiger partial charge < -0.3 is 16.4 Å². The van der Waals surface area contributed by atoms with E-state index in [0.29, 0.717) is 25.3 Å². The van der Waals surface area contributed by atoms with Crippen molar-refractivity contribution in [3.63, 3.8) is 0 Å². The van der Waals surface area contributed by atoms with Gasteiger partial charge in [0, 0.05) is 17.6 Å². The molecule has 0 aliphatic heterocycles. The Bertz CT molecular complexity index is 942. The number of halogens is 3. The highest BCUT2D eigenvalue weighted by atomic mass is 32.2. The Morgan fingerprint density at radius 2 is 1.81 bits per heavy atom. The molecule has 0 saturated heterocycles. The lowest BCUT2D eigenvalue weighted by Gasteiger charge is -2.36. The Morgan fingerprint density at radius 1 is 1.16 bits per heavy atom. The zero-order valence-corrected chi connectivity index (χ0v) is 19.1. The summed E-state index contributed by atoms with van der Waals surface area (Å²) in [7, 11) is -3.44. The maximum absolute atomic E-state index is 12.8. The minimum atomic E-state index is -4.59. The molecule has 0 bridgehead atoms. The van der Waals surface area contributed by atoms with Crippen LogP contribution in [0.25, 0.3) is 0 Å². The molecule has 2 rings (SSSR count). The van der Waals surface area contributed by atoms with E-state index in [2.05, 4.69) is 10.6 Å². The second-order valence-electron chi connectivity index (χ2n) is 9.16. The smallest absolute Gasteiger partial charge is 0.352 e. The first-order valence-corrected chi connectivity index (χ1v) is 12.0. The van der Waals surface area contributed by atoms with Crippen LogP contribution in [-0.2, 0) is 20.8 Å². The topological polar surface area (TPSA) is 118 Å². The largest absolute Gasteiger partial charge is 0.416 e. The Kier molecular flexibility index (Phi) is 7.98. The zero-order chi connectivity index (χ0) is 24.3. The van der Waals surface area contributed by atoms with E-state index in [4.69, 9.17) is 5.73 Å². The molecule has 7 nitrogen and oxygen atoms in total. The van der Waals surface area contributed by atoms with Gasteiger partial charge in [-0.3, -0.25) is 9.59 Å². The maximum atomic E-state index is 12.8. The van der Waals surface area contributed by atoms with Gasteiger partial charge in [-0.05, 0) is 64.2 Å². The number of nitrogens with one attached hydrogen (secondary N) is 2. The van der Waals surface area contributed by atoms with Gasteiger partial charge >= 0.3 is 6.18 Å². The summed E-state index contributed by atoms with van der Waals surface area (Å²) in [4.78, 5) is 24.5. The fraction of sp³-hybridized carbons (Fsp3) is 0.619. The Balaban J connectivity index is 1.99. The minimum absolute atomic E-state index is 0.119. The molecular weight excluding hydrogens is 447 g/mol. The van der Waals surface area contributed by atoms with Crippen LogP contribution < -0.4 is 16.4 Å². The van der Waals surface area contributed by atoms with Crippen molar-refractivity contribution < 1.29 is 31.2 Å². The highest BCUT2D eigenvalue weighted by Crippen LogP contribution is 2.30. The van der Waals surface area contributed by atoms with E-state index >= 15 is 0 Å². The number of hydrogen-bond acceptors (Lipinski definition) is 5. The normalized spacial score (nSPS) is 22.3. The van der Waals surface area contributed by atoms with Crippen molar-refractivity contribution in [2.75, 3.05) is 12.3 Å². The summed E-state index contributed by atoms with van der Waals surface area (Å²) in [6.45, 7) is 4.39. The van der Waals surface area contributed by atoms with Crippen LogP contribution in [0, 0.1) is 5.92 Å². The number of carbonyl (C=O) groups excluding carboxylic acids is 2. The lowest BCUT2D eigenvalue weighted by atomic mass is 9.83. The van der Waals surface area contributed by atoms with Gasteiger partial charge in [0.2, 0.25) is 5.91 Å². The Labute approximate surface area is 186 Å². The standard InChI is InChI=1S/C21H30F3N3O4S/c1-20(2,3)32(30,31)12-14-10-16(25)7-8-17(14)27-18(28)11-26-19(29)13-5-4-6-15(9-13)21(22,23)24/h4-6,9,14,16-17H,7-8,10-12,25H2,1-3H3,(H,26,29)(H,27,28)/t14-,16-,17+/m1/s1. The van der Waals surface area contributed by atoms with Crippen LogP contribution >= 0.6 is 0 Å². The summed E-state index contributed by atoms with van der Waals surface area (Å²) >= 11 is 0. The van der Waals surface area contributed by atoms with Crippen molar-refractivity contribution in [2.24, 2.45) is 11.7 Å². The van der Waals surface area contributed by atoms with E-state index in [-0.39, 0.29) is 23.3 Å². The average Bonchev–Trinajstić information content (AvgIpc) is 2.66. The minimum Gasteiger partial charge on any atom is -0.352 e. The van der Waals surface area contributed by atoms with Gasteiger partial charge in [0.1, 0.15) is 0 Å². The van der Waals surface area contributed by atoms with Crippen molar-refractivity contribution >= 4 is 21.7 Å². The molecule has 0 heterocycles. The number of sulfone groups is 1. The molecule has 180 valence electrons. The second-order valence-corrected chi connectivity index (χ2v) is 11.9. The van der Waals surface area contributed by atoms with Crippen molar-refractivity contribution in [3.05, 3.63) is 35.4 Å². The van der Waals surface area contributed by atoms with Crippen LogP contribution in [0.4, 0.5) is 13.2 Å². The molecule has 1 aromatic rings. The molecule has 1 aromatic carbocycles. The first-order chi connectivity index (χ1) is 14.6. The third kappa shape index (κ3) is 6.93. The molecule has 11 heteroatoms. The lowest BCUT2D eigenvalue weighted by molar-refractivity contribution is -0.137. The molecule has 0 unspecified atom stereocenters. The van der Waals surface area contributed by atoms with Gasteiger partial charge in [0.25, 0.3) is 5.91 Å². The van der Waals surface area contributed by atoms with Gasteiger partial charge in [-0.15, -0.1) is 0 Å². The SMILES string of the molecule is CC(C)(C)S(=O)(=O)C[C@H]1C[C@H](N)CC[C@@H]1NC(=O)CNC(=O)c1cccc(C(F)(F)F)c1. The van der Waals surface area contributed by atoms with Crippen LogP contribution in [0.2, 0.25) is 0 Å². The average molecular weight is 478 g/mol. The summed E-state index contributed by atoms with van der Waals surface area (Å²) in [5.74, 6) is -1.86. The Morgan fingerprint density at radius 3 is 2.41 bits per heavy atom. The van der Waals surface area contributed by atoms with E-state index < -0.39 is 50.7 Å². The van der Waals surface area contributed by atoms with Crippen molar-refractivity contribution in [1.29, 1.82) is 0 Å². The molecule has 0 spiro atoms. The van der Waals surface area contributed by atoms with E-state index in [9.17, 15) is 31.2 Å². The number of benzene rings is 1. The molecule has 2 amide bonds. The monoisotopic (exact) mass is 477 g/mol. The molecule has 32 heavy (non-hydrogen) atoms. The molecule has 0 aromatic heterocycles. The fourth-order valence-electron chi connectivity index (χ4n) is 3.56. The first kappa shape index (κ1) is 26.1. The molecule has 1 aliphatic carbocycles. The fourth-order valence-corrected chi connectivity index (χ4v) is 5.00. The van der Waals surface area contributed by atoms with Crippen molar-refractivity contribution in [2.45, 2.75) is 63.0 Å². The molecule has 1 fully saturated rings. The predicted octanol–water partition coefficient (Wildman–Crippen LogP) is 2.26. The summed E-state index contributed by atoms with van der Waals surface area (Å²) in [6.07, 6.45) is -3.03. The number of alkyl halides is 3. The number of amides is 2. The van der Waals surface area contributed by atoms with Crippen LogP contribution in [0.15, 0.2) is 24.3 Å². The molecule has 0 radical (unpaired) electrons. The summed E-state index contributed by atoms with van der Waals surface area (Å²) in [5.41, 5.74) is 4.83. The number of rotatable bonds is 6. The molecule has 1 aliphatic rings. The molecule has 4 N–H and O–H groups in total. The maximum Gasteiger partial charge on any atom is 0.416 e. The van der Waals surface area contributed by atoms with Crippen LogP contribution in [0.1, 0.15) is 56.0 Å². The molecule has 1 saturated carbocycles. The summed E-state index contributed by atoms with van der Waals surface area (Å²) in [5, 5.41) is 5.05. The van der Waals surface area contributed by atoms with Crippen LogP contribution in [-0.4, -0.2) is 49.4 Å². The number of nitrogens with two attached hydrogens (primary N) is 1. The zero-order valence-electron chi connectivity index (χ0n) is 18.3. The van der Waals surface area contributed by atoms with E-state index in [1.54, 1.807) is 20.8 Å². The summed E-state index contributed by atoms with van der Waals surface area (Å²) in [6, 6.07) is 3.31. The van der Waals surface area contributed by atoms with E-state index in [0.717, 1.165) is 12.1 Å². The van der Waals surface area contributed by atoms with Gasteiger partial charge in [-0.1, -0.05) is 6.07 Å². The highest BCUT2D eigenvalue weighted by Gasteiger charge is 2.38. The first-order valence-electron chi connectivity index (χ1n) is 10.3. The lowest BCUT2D eigenvalue weighted by Crippen LogP contribution is -2.51. The van der Waals surface area contributed by atoms with Gasteiger partial charge in [-0.2, -0.15) is 13.2 Å². The highest BCUT2D eigenvalue weighted by molar-refractivity contribution is 7.92. The number of carbonyl (C=O) groups is 2. The van der Waals surface area contributed by atoms with Crippen LogP contribution in [0.3, 0.4) is 0 Å². The van der Waals surface area contributed by atoms with Crippen molar-refractivity contribution in [1.82, 2.24) is 10.6 Å². The van der Waals surface area contributed by atoms with E-state index in [1.807, 2.05) is 0 Å². The second kappa shape index (κ2) is 9.78. The number of hydrogen-bond donors (Lipinski definition) is 3. The van der Waals surface area contributed by atoms with Gasteiger partial charge in [0.05, 0.1) is 22.6 Å². The van der Waals surface area contributed by atoms with E-state index in [1.165, 1.54) is 6.07 Å².